The van der Waals surface area contributed by atoms with E-state index >= 15 is 0 Å². The normalized spacial score (nSPS) is 24.1. The molecule has 0 bridgehead atoms. The van der Waals surface area contributed by atoms with Crippen molar-refractivity contribution in [2.45, 2.75) is 32.6 Å². The molecule has 0 spiro atoms. The van der Waals surface area contributed by atoms with Crippen molar-refractivity contribution in [3.8, 4) is 0 Å². The predicted molar refractivity (Wildman–Crippen MR) is 73.0 cm³/mol. The molecule has 0 N–H and O–H groups in total. The Balaban J connectivity index is 1.69. The summed E-state index contributed by atoms with van der Waals surface area (Å²) in [5.41, 5.74) is 1.31. The van der Waals surface area contributed by atoms with E-state index in [0.717, 1.165) is 19.6 Å². The van der Waals surface area contributed by atoms with Gasteiger partial charge < -0.3 is 13.7 Å². The van der Waals surface area contributed by atoms with Crippen molar-refractivity contribution in [2.24, 2.45) is 7.05 Å². The largest absolute Gasteiger partial charge is 0.423 e. The van der Waals surface area contributed by atoms with Crippen LogP contribution >= 0.6 is 0 Å². The highest BCUT2D eigenvalue weighted by atomic mass is 16.5. The zero-order valence-electron chi connectivity index (χ0n) is 12.1. The van der Waals surface area contributed by atoms with Crippen LogP contribution < -0.4 is 0 Å². The Morgan fingerprint density at radius 3 is 2.85 bits per heavy atom. The maximum absolute atomic E-state index is 5.92. The zero-order valence-corrected chi connectivity index (χ0v) is 12.1. The van der Waals surface area contributed by atoms with E-state index < -0.39 is 0 Å². The van der Waals surface area contributed by atoms with Gasteiger partial charge in [-0.1, -0.05) is 0 Å². The van der Waals surface area contributed by atoms with Gasteiger partial charge in [0.1, 0.15) is 6.10 Å². The fourth-order valence-corrected chi connectivity index (χ4v) is 2.66. The standard InChI is InChI=1S/C14H20N4O2/c1-10-6-18(8-12-4-5-17(3)7-12)9-13(19-10)14-16-15-11(2)20-14/h4-5,7,10,13H,6,8-9H2,1-3H3/t10-,13-/m1/s1. The monoisotopic (exact) mass is 276 g/mol. The second kappa shape index (κ2) is 5.38. The fourth-order valence-electron chi connectivity index (χ4n) is 2.66. The number of nitrogens with zero attached hydrogens (tertiary/aromatic N) is 4. The quantitative estimate of drug-likeness (QED) is 0.853. The van der Waals surface area contributed by atoms with Gasteiger partial charge in [0.05, 0.1) is 6.10 Å². The van der Waals surface area contributed by atoms with Gasteiger partial charge in [-0.2, -0.15) is 0 Å². The predicted octanol–water partition coefficient (Wildman–Crippen LogP) is 1.68. The van der Waals surface area contributed by atoms with Crippen LogP contribution in [0.15, 0.2) is 22.9 Å². The van der Waals surface area contributed by atoms with Crippen molar-refractivity contribution >= 4 is 0 Å². The highest BCUT2D eigenvalue weighted by molar-refractivity contribution is 5.10. The molecule has 0 aromatic carbocycles. The molecule has 0 radical (unpaired) electrons. The molecule has 0 saturated carbocycles. The van der Waals surface area contributed by atoms with Crippen molar-refractivity contribution in [1.29, 1.82) is 0 Å². The minimum Gasteiger partial charge on any atom is -0.423 e. The Morgan fingerprint density at radius 1 is 1.35 bits per heavy atom. The lowest BCUT2D eigenvalue weighted by molar-refractivity contribution is -0.0917. The number of rotatable bonds is 3. The topological polar surface area (TPSA) is 56.3 Å². The van der Waals surface area contributed by atoms with E-state index in [-0.39, 0.29) is 12.2 Å². The van der Waals surface area contributed by atoms with Crippen LogP contribution in [0.1, 0.15) is 30.4 Å². The van der Waals surface area contributed by atoms with Crippen LogP contribution in [0, 0.1) is 6.92 Å². The Labute approximate surface area is 118 Å². The van der Waals surface area contributed by atoms with E-state index in [1.54, 1.807) is 6.92 Å². The zero-order chi connectivity index (χ0) is 14.1. The smallest absolute Gasteiger partial charge is 0.246 e. The average Bonchev–Trinajstić information content (AvgIpc) is 2.98. The van der Waals surface area contributed by atoms with Crippen LogP contribution in [0.5, 0.6) is 0 Å². The fraction of sp³-hybridized carbons (Fsp3) is 0.571. The van der Waals surface area contributed by atoms with Gasteiger partial charge in [0.25, 0.3) is 0 Å². The Kier molecular flexibility index (Phi) is 3.58. The molecule has 0 amide bonds. The molecule has 108 valence electrons. The Hall–Kier alpha value is -1.66. The third-order valence-electron chi connectivity index (χ3n) is 3.45. The molecule has 3 heterocycles. The first-order chi connectivity index (χ1) is 9.60. The van der Waals surface area contributed by atoms with Gasteiger partial charge in [-0.15, -0.1) is 10.2 Å². The van der Waals surface area contributed by atoms with Gasteiger partial charge in [-0.05, 0) is 18.6 Å². The third-order valence-corrected chi connectivity index (χ3v) is 3.45. The molecule has 1 aliphatic heterocycles. The molecule has 0 aliphatic carbocycles. The summed E-state index contributed by atoms with van der Waals surface area (Å²) in [5, 5.41) is 7.96. The summed E-state index contributed by atoms with van der Waals surface area (Å²) in [6, 6.07) is 2.14. The summed E-state index contributed by atoms with van der Waals surface area (Å²) in [7, 11) is 2.04. The van der Waals surface area contributed by atoms with E-state index in [1.165, 1.54) is 5.56 Å². The van der Waals surface area contributed by atoms with Crippen LogP contribution in [-0.2, 0) is 18.3 Å². The van der Waals surface area contributed by atoms with Crippen molar-refractivity contribution in [1.82, 2.24) is 19.7 Å². The minimum absolute atomic E-state index is 0.135. The first kappa shape index (κ1) is 13.3. The first-order valence-corrected chi connectivity index (χ1v) is 6.89. The number of aromatic nitrogens is 3. The van der Waals surface area contributed by atoms with Crippen molar-refractivity contribution < 1.29 is 9.15 Å². The Bertz CT molecular complexity index is 577. The summed E-state index contributed by atoms with van der Waals surface area (Å²) in [6.45, 7) is 6.48. The van der Waals surface area contributed by atoms with Crippen molar-refractivity contribution in [3.63, 3.8) is 0 Å². The van der Waals surface area contributed by atoms with Crippen molar-refractivity contribution in [3.05, 3.63) is 35.8 Å². The molecular weight excluding hydrogens is 256 g/mol. The lowest BCUT2D eigenvalue weighted by Crippen LogP contribution is -2.42. The van der Waals surface area contributed by atoms with Gasteiger partial charge in [0.2, 0.25) is 11.8 Å². The SMILES string of the molecule is Cc1nnc([C@H]2CN(Cc3ccn(C)c3)C[C@@H](C)O2)o1. The molecule has 1 fully saturated rings. The van der Waals surface area contributed by atoms with Gasteiger partial charge in [-0.3, -0.25) is 4.90 Å². The molecule has 6 heteroatoms. The van der Waals surface area contributed by atoms with Gasteiger partial charge >= 0.3 is 0 Å². The number of hydrogen-bond acceptors (Lipinski definition) is 5. The maximum atomic E-state index is 5.92. The number of hydrogen-bond donors (Lipinski definition) is 0. The number of aryl methyl sites for hydroxylation is 2. The molecule has 20 heavy (non-hydrogen) atoms. The average molecular weight is 276 g/mol. The van der Waals surface area contributed by atoms with Crippen LogP contribution in [0.2, 0.25) is 0 Å². The molecule has 1 saturated heterocycles. The summed E-state index contributed by atoms with van der Waals surface area (Å²) in [4.78, 5) is 2.37. The maximum Gasteiger partial charge on any atom is 0.246 e. The molecule has 0 unspecified atom stereocenters. The second-order valence-electron chi connectivity index (χ2n) is 5.47. The summed E-state index contributed by atoms with van der Waals surface area (Å²) >= 11 is 0. The summed E-state index contributed by atoms with van der Waals surface area (Å²) < 4.78 is 13.5. The molecule has 2 aromatic rings. The number of morpholine rings is 1. The second-order valence-corrected chi connectivity index (χ2v) is 5.47. The summed E-state index contributed by atoms with van der Waals surface area (Å²) in [5.74, 6) is 1.16. The van der Waals surface area contributed by atoms with E-state index in [2.05, 4.69) is 45.0 Å². The van der Waals surface area contributed by atoms with Crippen LogP contribution in [0.3, 0.4) is 0 Å². The van der Waals surface area contributed by atoms with E-state index in [1.807, 2.05) is 7.05 Å². The molecule has 1 aliphatic rings. The third kappa shape index (κ3) is 2.91. The highest BCUT2D eigenvalue weighted by Crippen LogP contribution is 2.25. The summed E-state index contributed by atoms with van der Waals surface area (Å²) in [6.07, 6.45) is 4.23. The molecular formula is C14H20N4O2. The highest BCUT2D eigenvalue weighted by Gasteiger charge is 2.30. The first-order valence-electron chi connectivity index (χ1n) is 6.89. The van der Waals surface area contributed by atoms with Gasteiger partial charge in [0, 0.05) is 46.0 Å². The molecule has 6 nitrogen and oxygen atoms in total. The molecule has 2 aromatic heterocycles. The number of ether oxygens (including phenoxy) is 1. The molecule has 3 rings (SSSR count). The van der Waals surface area contributed by atoms with Gasteiger partial charge in [0.15, 0.2) is 0 Å². The van der Waals surface area contributed by atoms with E-state index in [9.17, 15) is 0 Å². The van der Waals surface area contributed by atoms with E-state index in [0.29, 0.717) is 11.8 Å². The lowest BCUT2D eigenvalue weighted by Gasteiger charge is -2.35. The molecule has 2 atom stereocenters. The van der Waals surface area contributed by atoms with Crippen LogP contribution in [0.4, 0.5) is 0 Å². The van der Waals surface area contributed by atoms with Gasteiger partial charge in [-0.25, -0.2) is 0 Å². The van der Waals surface area contributed by atoms with Crippen LogP contribution in [0.25, 0.3) is 0 Å². The van der Waals surface area contributed by atoms with E-state index in [4.69, 9.17) is 9.15 Å². The van der Waals surface area contributed by atoms with Crippen LogP contribution in [-0.4, -0.2) is 38.9 Å². The lowest BCUT2D eigenvalue weighted by atomic mass is 10.2. The minimum atomic E-state index is -0.135. The van der Waals surface area contributed by atoms with Crippen molar-refractivity contribution in [2.75, 3.05) is 13.1 Å². The Morgan fingerprint density at radius 2 is 2.20 bits per heavy atom.